The molecule has 0 aliphatic heterocycles. The van der Waals surface area contributed by atoms with Crippen LogP contribution in [0.15, 0.2) is 42.7 Å². The molecule has 0 saturated carbocycles. The van der Waals surface area contributed by atoms with Crippen LogP contribution in [0.2, 0.25) is 0 Å². The van der Waals surface area contributed by atoms with Crippen molar-refractivity contribution >= 4 is 16.7 Å². The Labute approximate surface area is 133 Å². The van der Waals surface area contributed by atoms with Gasteiger partial charge >= 0.3 is 0 Å². The molecule has 2 N–H and O–H groups in total. The number of para-hydroxylation sites is 1. The number of benzene rings is 1. The van der Waals surface area contributed by atoms with E-state index < -0.39 is 0 Å². The summed E-state index contributed by atoms with van der Waals surface area (Å²) in [5.74, 6) is 1.67. The summed E-state index contributed by atoms with van der Waals surface area (Å²) in [4.78, 5) is 17.5. The van der Waals surface area contributed by atoms with Gasteiger partial charge in [-0.1, -0.05) is 12.1 Å². The lowest BCUT2D eigenvalue weighted by molar-refractivity contribution is 0.0992. The number of nitrogens with zero attached hydrogens (tertiary/aromatic N) is 4. The molecular formula is C16H17N5O2. The van der Waals surface area contributed by atoms with Crippen LogP contribution in [0.4, 0.5) is 5.82 Å². The third-order valence-electron chi connectivity index (χ3n) is 3.14. The molecule has 3 rings (SSSR count). The fourth-order valence-corrected chi connectivity index (χ4v) is 2.13. The predicted octanol–water partition coefficient (Wildman–Crippen LogP) is 1.51. The van der Waals surface area contributed by atoms with E-state index in [2.05, 4.69) is 25.3 Å². The van der Waals surface area contributed by atoms with Crippen LogP contribution in [0.25, 0.3) is 22.6 Å². The van der Waals surface area contributed by atoms with Gasteiger partial charge in [-0.05, 0) is 18.2 Å². The fraction of sp³-hybridized carbons (Fsp3) is 0.250. The summed E-state index contributed by atoms with van der Waals surface area (Å²) in [5.41, 5.74) is 0.823. The van der Waals surface area contributed by atoms with Crippen molar-refractivity contribution in [2.45, 2.75) is 0 Å². The Hall–Kier alpha value is -2.64. The molecule has 0 spiro atoms. The number of aliphatic hydroxyl groups excluding tert-OH is 1. The van der Waals surface area contributed by atoms with E-state index in [-0.39, 0.29) is 6.61 Å². The molecule has 0 aliphatic carbocycles. The van der Waals surface area contributed by atoms with E-state index in [9.17, 15) is 0 Å². The van der Waals surface area contributed by atoms with Gasteiger partial charge in [0.1, 0.15) is 5.82 Å². The molecule has 0 fully saturated rings. The number of fused-ring (bicyclic) bond motifs is 1. The summed E-state index contributed by atoms with van der Waals surface area (Å²) in [7, 11) is 0. The van der Waals surface area contributed by atoms with Crippen molar-refractivity contribution in [3.63, 3.8) is 0 Å². The highest BCUT2D eigenvalue weighted by atomic mass is 16.5. The lowest BCUT2D eigenvalue weighted by Gasteiger charge is -2.10. The van der Waals surface area contributed by atoms with Crippen molar-refractivity contribution in [1.82, 2.24) is 19.9 Å². The molecular weight excluding hydrogens is 294 g/mol. The Morgan fingerprint density at radius 1 is 0.957 bits per heavy atom. The number of hydrogen-bond donors (Lipinski definition) is 2. The van der Waals surface area contributed by atoms with Crippen LogP contribution >= 0.6 is 0 Å². The van der Waals surface area contributed by atoms with Crippen LogP contribution in [0.3, 0.4) is 0 Å². The Morgan fingerprint density at radius 2 is 1.78 bits per heavy atom. The minimum absolute atomic E-state index is 0.0198. The summed E-state index contributed by atoms with van der Waals surface area (Å²) in [6.45, 7) is 1.41. The van der Waals surface area contributed by atoms with Crippen molar-refractivity contribution in [3.05, 3.63) is 42.7 Å². The minimum Gasteiger partial charge on any atom is -0.394 e. The van der Waals surface area contributed by atoms with E-state index >= 15 is 0 Å². The number of nitrogens with one attached hydrogen (secondary N) is 1. The van der Waals surface area contributed by atoms with Crippen molar-refractivity contribution in [2.75, 3.05) is 31.7 Å². The van der Waals surface area contributed by atoms with Crippen LogP contribution in [-0.4, -0.2) is 51.4 Å². The van der Waals surface area contributed by atoms with E-state index in [0.717, 1.165) is 10.9 Å². The largest absolute Gasteiger partial charge is 0.394 e. The molecule has 3 aromatic rings. The van der Waals surface area contributed by atoms with Crippen LogP contribution in [0, 0.1) is 0 Å². The summed E-state index contributed by atoms with van der Waals surface area (Å²) >= 11 is 0. The summed E-state index contributed by atoms with van der Waals surface area (Å²) in [6.07, 6.45) is 3.33. The van der Waals surface area contributed by atoms with Crippen molar-refractivity contribution in [1.29, 1.82) is 0 Å². The van der Waals surface area contributed by atoms with Crippen molar-refractivity contribution < 1.29 is 9.84 Å². The van der Waals surface area contributed by atoms with Gasteiger partial charge in [-0.15, -0.1) is 0 Å². The molecule has 7 heteroatoms. The molecule has 1 aromatic carbocycles. The first-order valence-corrected chi connectivity index (χ1v) is 7.35. The van der Waals surface area contributed by atoms with Gasteiger partial charge in [-0.25, -0.2) is 19.9 Å². The second-order valence-electron chi connectivity index (χ2n) is 4.75. The third-order valence-corrected chi connectivity index (χ3v) is 3.14. The molecule has 2 aromatic heterocycles. The van der Waals surface area contributed by atoms with E-state index in [4.69, 9.17) is 9.84 Å². The maximum absolute atomic E-state index is 8.71. The highest BCUT2D eigenvalue weighted by Gasteiger charge is 2.10. The number of aliphatic hydroxyl groups is 1. The third kappa shape index (κ3) is 3.77. The van der Waals surface area contributed by atoms with E-state index in [0.29, 0.717) is 37.2 Å². The summed E-state index contributed by atoms with van der Waals surface area (Å²) in [5, 5.41) is 12.9. The zero-order chi connectivity index (χ0) is 15.9. The Kier molecular flexibility index (Phi) is 5.02. The zero-order valence-electron chi connectivity index (χ0n) is 12.5. The topological polar surface area (TPSA) is 93.1 Å². The van der Waals surface area contributed by atoms with Crippen LogP contribution < -0.4 is 5.32 Å². The number of aromatic nitrogens is 4. The molecule has 0 radical (unpaired) electrons. The van der Waals surface area contributed by atoms with Gasteiger partial charge < -0.3 is 15.2 Å². The Morgan fingerprint density at radius 3 is 2.61 bits per heavy atom. The maximum Gasteiger partial charge on any atom is 0.200 e. The molecule has 0 unspecified atom stereocenters. The molecule has 2 heterocycles. The van der Waals surface area contributed by atoms with Gasteiger partial charge in [0, 0.05) is 24.3 Å². The number of ether oxygens (including phenoxy) is 1. The lowest BCUT2D eigenvalue weighted by Crippen LogP contribution is -2.13. The molecule has 0 saturated heterocycles. The lowest BCUT2D eigenvalue weighted by atomic mass is 10.2. The normalized spacial score (nSPS) is 10.8. The molecule has 0 bridgehead atoms. The van der Waals surface area contributed by atoms with Crippen molar-refractivity contribution in [3.8, 4) is 11.6 Å². The van der Waals surface area contributed by atoms with E-state index in [1.165, 1.54) is 0 Å². The first-order chi connectivity index (χ1) is 11.4. The standard InChI is InChI=1S/C16H17N5O2/c22-9-11-23-10-8-19-14-12-4-1-2-5-13(12)20-16(21-14)15-17-6-3-7-18-15/h1-7,22H,8-11H2,(H,19,20,21). The predicted molar refractivity (Wildman–Crippen MR) is 87.0 cm³/mol. The van der Waals surface area contributed by atoms with Gasteiger partial charge in [-0.3, -0.25) is 0 Å². The SMILES string of the molecule is OCCOCCNc1nc(-c2ncccn2)nc2ccccc12. The Bertz CT molecular complexity index is 767. The van der Waals surface area contributed by atoms with Crippen LogP contribution in [0.1, 0.15) is 0 Å². The highest BCUT2D eigenvalue weighted by molar-refractivity contribution is 5.90. The monoisotopic (exact) mass is 311 g/mol. The van der Waals surface area contributed by atoms with E-state index in [1.807, 2.05) is 24.3 Å². The average Bonchev–Trinajstić information content (AvgIpc) is 2.62. The van der Waals surface area contributed by atoms with Crippen molar-refractivity contribution in [2.24, 2.45) is 0 Å². The first-order valence-electron chi connectivity index (χ1n) is 7.35. The maximum atomic E-state index is 8.71. The van der Waals surface area contributed by atoms with Gasteiger partial charge in [-0.2, -0.15) is 0 Å². The fourth-order valence-electron chi connectivity index (χ4n) is 2.13. The molecule has 0 aliphatic rings. The van der Waals surface area contributed by atoms with Crippen LogP contribution in [0.5, 0.6) is 0 Å². The molecule has 0 amide bonds. The number of rotatable bonds is 7. The second kappa shape index (κ2) is 7.57. The quantitative estimate of drug-likeness (QED) is 0.639. The van der Waals surface area contributed by atoms with Gasteiger partial charge in [0.05, 0.1) is 25.3 Å². The number of anilines is 1. The summed E-state index contributed by atoms with van der Waals surface area (Å²) < 4.78 is 5.25. The molecule has 0 atom stereocenters. The van der Waals surface area contributed by atoms with Gasteiger partial charge in [0.15, 0.2) is 11.6 Å². The Balaban J connectivity index is 1.88. The first kappa shape index (κ1) is 15.3. The van der Waals surface area contributed by atoms with E-state index in [1.54, 1.807) is 18.5 Å². The molecule has 7 nitrogen and oxygen atoms in total. The van der Waals surface area contributed by atoms with Gasteiger partial charge in [0.2, 0.25) is 0 Å². The number of hydrogen-bond acceptors (Lipinski definition) is 7. The highest BCUT2D eigenvalue weighted by Crippen LogP contribution is 2.22. The smallest absolute Gasteiger partial charge is 0.200 e. The average molecular weight is 311 g/mol. The second-order valence-corrected chi connectivity index (χ2v) is 4.75. The van der Waals surface area contributed by atoms with Crippen LogP contribution in [-0.2, 0) is 4.74 Å². The zero-order valence-corrected chi connectivity index (χ0v) is 12.5. The minimum atomic E-state index is 0.0198. The molecule has 23 heavy (non-hydrogen) atoms. The van der Waals surface area contributed by atoms with Gasteiger partial charge in [0.25, 0.3) is 0 Å². The summed E-state index contributed by atoms with van der Waals surface area (Å²) in [6, 6.07) is 9.51. The molecule has 118 valence electrons.